The van der Waals surface area contributed by atoms with E-state index in [0.717, 1.165) is 38.2 Å². The lowest BCUT2D eigenvalue weighted by atomic mass is 10.00. The number of aliphatic hydroxyl groups excluding tert-OH is 1. The third-order valence-corrected chi connectivity index (χ3v) is 5.31. The molecule has 0 radical (unpaired) electrons. The maximum Gasteiger partial charge on any atom is 0.251 e. The third-order valence-electron chi connectivity index (χ3n) is 5.31. The van der Waals surface area contributed by atoms with Gasteiger partial charge in [-0.1, -0.05) is 24.3 Å². The molecule has 2 aromatic rings. The molecule has 2 aromatic carbocycles. The van der Waals surface area contributed by atoms with Crippen molar-refractivity contribution < 1.29 is 14.6 Å². The number of benzene rings is 2. The number of carbonyl (C=O) groups excluding carboxylic acids is 1. The zero-order valence-electron chi connectivity index (χ0n) is 18.0. The largest absolute Gasteiger partial charge is 0.494 e. The van der Waals surface area contributed by atoms with Gasteiger partial charge in [0.1, 0.15) is 5.75 Å². The molecular weight excluding hydrogens is 378 g/mol. The first kappa shape index (κ1) is 22.3. The Kier molecular flexibility index (Phi) is 8.25. The van der Waals surface area contributed by atoms with Crippen LogP contribution in [0, 0.1) is 0 Å². The van der Waals surface area contributed by atoms with Gasteiger partial charge < -0.3 is 20.1 Å². The van der Waals surface area contributed by atoms with Gasteiger partial charge >= 0.3 is 0 Å². The summed E-state index contributed by atoms with van der Waals surface area (Å²) in [6.45, 7) is 4.19. The van der Waals surface area contributed by atoms with Crippen molar-refractivity contribution in [1.82, 2.24) is 15.1 Å². The molecule has 0 saturated heterocycles. The van der Waals surface area contributed by atoms with Crippen LogP contribution in [0.25, 0.3) is 0 Å². The van der Waals surface area contributed by atoms with Crippen molar-refractivity contribution in [2.75, 3.05) is 46.9 Å². The standard InChI is InChI=1S/C24H33N3O3/c1-26(2)13-5-15-30-23-10-8-20(9-11-23)24(29)25-16-22(28)18-27-14-12-19-6-3-4-7-21(19)17-27/h3-4,6-11,22,28H,5,12-18H2,1-2H3,(H,25,29)/t22-/m0/s1. The average Bonchev–Trinajstić information content (AvgIpc) is 2.75. The molecule has 30 heavy (non-hydrogen) atoms. The summed E-state index contributed by atoms with van der Waals surface area (Å²) in [5.41, 5.74) is 3.28. The van der Waals surface area contributed by atoms with Gasteiger partial charge in [0.25, 0.3) is 5.91 Å². The predicted octanol–water partition coefficient (Wildman–Crippen LogP) is 2.17. The highest BCUT2D eigenvalue weighted by molar-refractivity contribution is 5.94. The van der Waals surface area contributed by atoms with Crippen LogP contribution in [-0.4, -0.2) is 73.8 Å². The van der Waals surface area contributed by atoms with Crippen molar-refractivity contribution in [3.8, 4) is 5.75 Å². The van der Waals surface area contributed by atoms with Crippen LogP contribution in [0.5, 0.6) is 5.75 Å². The molecule has 1 atom stereocenters. The molecule has 3 rings (SSSR count). The topological polar surface area (TPSA) is 65.0 Å². The SMILES string of the molecule is CN(C)CCCOc1ccc(C(=O)NC[C@H](O)CN2CCc3ccccc3C2)cc1. The second kappa shape index (κ2) is 11.1. The number of β-amino-alcohol motifs (C(OH)–C–C–N with tert-alkyl or cyclic N) is 1. The number of nitrogens with zero attached hydrogens (tertiary/aromatic N) is 2. The fraction of sp³-hybridized carbons (Fsp3) is 0.458. The van der Waals surface area contributed by atoms with Gasteiger partial charge in [-0.05, 0) is 62.3 Å². The van der Waals surface area contributed by atoms with Crippen LogP contribution in [0.1, 0.15) is 27.9 Å². The van der Waals surface area contributed by atoms with E-state index in [2.05, 4.69) is 39.4 Å². The van der Waals surface area contributed by atoms with Crippen LogP contribution in [0.4, 0.5) is 0 Å². The molecule has 0 fully saturated rings. The Balaban J connectivity index is 1.38. The maximum atomic E-state index is 12.4. The number of ether oxygens (including phenoxy) is 1. The number of aliphatic hydroxyl groups is 1. The molecule has 0 aromatic heterocycles. The average molecular weight is 412 g/mol. The summed E-state index contributed by atoms with van der Waals surface area (Å²) in [7, 11) is 4.08. The van der Waals surface area contributed by atoms with Crippen LogP contribution < -0.4 is 10.1 Å². The third kappa shape index (κ3) is 6.83. The van der Waals surface area contributed by atoms with E-state index < -0.39 is 6.10 Å². The summed E-state index contributed by atoms with van der Waals surface area (Å²) in [5, 5.41) is 13.2. The van der Waals surface area contributed by atoms with E-state index in [-0.39, 0.29) is 12.5 Å². The second-order valence-electron chi connectivity index (χ2n) is 8.15. The van der Waals surface area contributed by atoms with Gasteiger partial charge in [0, 0.05) is 38.3 Å². The number of rotatable bonds is 10. The number of nitrogens with one attached hydrogen (secondary N) is 1. The van der Waals surface area contributed by atoms with Gasteiger partial charge in [-0.2, -0.15) is 0 Å². The van der Waals surface area contributed by atoms with E-state index in [1.165, 1.54) is 11.1 Å². The summed E-state index contributed by atoms with van der Waals surface area (Å²) < 4.78 is 5.70. The number of carbonyl (C=O) groups is 1. The zero-order valence-corrected chi connectivity index (χ0v) is 18.0. The van der Waals surface area contributed by atoms with Gasteiger partial charge in [0.2, 0.25) is 0 Å². The number of amides is 1. The minimum Gasteiger partial charge on any atom is -0.494 e. The predicted molar refractivity (Wildman–Crippen MR) is 119 cm³/mol. The van der Waals surface area contributed by atoms with Gasteiger partial charge in [-0.15, -0.1) is 0 Å². The Morgan fingerprint density at radius 3 is 2.63 bits per heavy atom. The first-order valence-electron chi connectivity index (χ1n) is 10.6. The van der Waals surface area contributed by atoms with Crippen molar-refractivity contribution in [3.63, 3.8) is 0 Å². The maximum absolute atomic E-state index is 12.4. The van der Waals surface area contributed by atoms with Crippen molar-refractivity contribution in [1.29, 1.82) is 0 Å². The molecule has 0 bridgehead atoms. The molecule has 0 unspecified atom stereocenters. The van der Waals surface area contributed by atoms with Crippen LogP contribution in [-0.2, 0) is 13.0 Å². The normalized spacial score (nSPS) is 14.9. The van der Waals surface area contributed by atoms with Crippen LogP contribution in [0.15, 0.2) is 48.5 Å². The lowest BCUT2D eigenvalue weighted by Crippen LogP contribution is -2.42. The molecular formula is C24H33N3O3. The summed E-state index contributed by atoms with van der Waals surface area (Å²) in [6, 6.07) is 15.6. The molecule has 1 aliphatic rings. The fourth-order valence-electron chi connectivity index (χ4n) is 3.66. The van der Waals surface area contributed by atoms with Gasteiger partial charge in [-0.3, -0.25) is 9.69 Å². The van der Waals surface area contributed by atoms with E-state index in [1.807, 2.05) is 26.2 Å². The number of hydrogen-bond donors (Lipinski definition) is 2. The Bertz CT molecular complexity index is 808. The van der Waals surface area contributed by atoms with Crippen molar-refractivity contribution in [2.24, 2.45) is 0 Å². The van der Waals surface area contributed by atoms with Crippen LogP contribution in [0.3, 0.4) is 0 Å². The zero-order chi connectivity index (χ0) is 21.3. The van der Waals surface area contributed by atoms with E-state index in [4.69, 9.17) is 4.74 Å². The summed E-state index contributed by atoms with van der Waals surface area (Å²) in [4.78, 5) is 16.7. The molecule has 162 valence electrons. The Morgan fingerprint density at radius 2 is 1.90 bits per heavy atom. The monoisotopic (exact) mass is 411 g/mol. The van der Waals surface area contributed by atoms with E-state index in [1.54, 1.807) is 12.1 Å². The highest BCUT2D eigenvalue weighted by Gasteiger charge is 2.19. The van der Waals surface area contributed by atoms with Crippen molar-refractivity contribution >= 4 is 5.91 Å². The van der Waals surface area contributed by atoms with Crippen LogP contribution >= 0.6 is 0 Å². The molecule has 6 nitrogen and oxygen atoms in total. The van der Waals surface area contributed by atoms with E-state index in [9.17, 15) is 9.90 Å². The first-order valence-corrected chi connectivity index (χ1v) is 10.6. The lowest BCUT2D eigenvalue weighted by molar-refractivity contribution is 0.0842. The smallest absolute Gasteiger partial charge is 0.251 e. The van der Waals surface area contributed by atoms with Crippen molar-refractivity contribution in [3.05, 3.63) is 65.2 Å². The Labute approximate surface area is 179 Å². The first-order chi connectivity index (χ1) is 14.5. The molecule has 6 heteroatoms. The Morgan fingerprint density at radius 1 is 1.17 bits per heavy atom. The minimum absolute atomic E-state index is 0.183. The quantitative estimate of drug-likeness (QED) is 0.587. The van der Waals surface area contributed by atoms with Crippen LogP contribution in [0.2, 0.25) is 0 Å². The molecule has 0 spiro atoms. The summed E-state index contributed by atoms with van der Waals surface area (Å²) >= 11 is 0. The van der Waals surface area contributed by atoms with Gasteiger partial charge in [0.05, 0.1) is 12.7 Å². The number of fused-ring (bicyclic) bond motifs is 1. The lowest BCUT2D eigenvalue weighted by Gasteiger charge is -2.30. The molecule has 0 aliphatic carbocycles. The summed E-state index contributed by atoms with van der Waals surface area (Å²) in [6.07, 6.45) is 1.35. The fourth-order valence-corrected chi connectivity index (χ4v) is 3.66. The van der Waals surface area contributed by atoms with E-state index in [0.29, 0.717) is 18.7 Å². The molecule has 1 aliphatic heterocycles. The molecule has 1 heterocycles. The van der Waals surface area contributed by atoms with E-state index >= 15 is 0 Å². The van der Waals surface area contributed by atoms with Gasteiger partial charge in [0.15, 0.2) is 0 Å². The number of hydrogen-bond acceptors (Lipinski definition) is 5. The highest BCUT2D eigenvalue weighted by Crippen LogP contribution is 2.18. The molecule has 2 N–H and O–H groups in total. The Hall–Kier alpha value is -2.41. The highest BCUT2D eigenvalue weighted by atomic mass is 16.5. The molecule has 0 saturated carbocycles. The summed E-state index contributed by atoms with van der Waals surface area (Å²) in [5.74, 6) is 0.577. The van der Waals surface area contributed by atoms with Gasteiger partial charge in [-0.25, -0.2) is 0 Å². The molecule has 1 amide bonds. The van der Waals surface area contributed by atoms with Crippen molar-refractivity contribution in [2.45, 2.75) is 25.5 Å². The second-order valence-corrected chi connectivity index (χ2v) is 8.15. The minimum atomic E-state index is -0.599.